The number of aromatic nitrogens is 1. The van der Waals surface area contributed by atoms with E-state index < -0.39 is 23.8 Å². The highest BCUT2D eigenvalue weighted by Gasteiger charge is 2.36. The van der Waals surface area contributed by atoms with Crippen molar-refractivity contribution in [1.29, 1.82) is 0 Å². The SMILES string of the molecule is NC(=O)C1OCC[C]C1C(=O)Nc1ccc(-n2ccccc2=O)cc1. The Bertz CT molecular complexity index is 829. The summed E-state index contributed by atoms with van der Waals surface area (Å²) in [5, 5.41) is 2.71. The number of amides is 2. The molecule has 1 aromatic heterocycles. The van der Waals surface area contributed by atoms with Crippen LogP contribution in [0.4, 0.5) is 5.69 Å². The molecule has 1 aliphatic heterocycles. The highest BCUT2D eigenvalue weighted by atomic mass is 16.5. The summed E-state index contributed by atoms with van der Waals surface area (Å²) in [6, 6.07) is 11.7. The van der Waals surface area contributed by atoms with Crippen LogP contribution in [-0.4, -0.2) is 29.1 Å². The Kier molecular flexibility index (Phi) is 4.95. The van der Waals surface area contributed by atoms with Crippen molar-refractivity contribution in [3.8, 4) is 5.69 Å². The summed E-state index contributed by atoms with van der Waals surface area (Å²) in [6.07, 6.45) is 4.05. The molecule has 3 rings (SSSR count). The smallest absolute Gasteiger partial charge is 0.255 e. The minimum Gasteiger partial charge on any atom is -0.368 e. The van der Waals surface area contributed by atoms with Crippen molar-refractivity contribution >= 4 is 17.5 Å². The molecule has 2 aromatic rings. The number of rotatable bonds is 4. The van der Waals surface area contributed by atoms with Gasteiger partial charge in [0, 0.05) is 36.7 Å². The number of pyridine rings is 1. The summed E-state index contributed by atoms with van der Waals surface area (Å²) < 4.78 is 6.76. The Hall–Kier alpha value is -2.93. The van der Waals surface area contributed by atoms with Crippen molar-refractivity contribution in [2.75, 3.05) is 11.9 Å². The van der Waals surface area contributed by atoms with Gasteiger partial charge >= 0.3 is 0 Å². The molecule has 1 aliphatic rings. The van der Waals surface area contributed by atoms with E-state index in [4.69, 9.17) is 10.5 Å². The number of nitrogens with one attached hydrogen (secondary N) is 1. The van der Waals surface area contributed by atoms with E-state index in [0.717, 1.165) is 0 Å². The maximum absolute atomic E-state index is 12.4. The normalized spacial score (nSPS) is 20.0. The van der Waals surface area contributed by atoms with Gasteiger partial charge in [-0.1, -0.05) is 6.07 Å². The first-order valence-corrected chi connectivity index (χ1v) is 7.79. The molecule has 25 heavy (non-hydrogen) atoms. The number of hydrogen-bond acceptors (Lipinski definition) is 4. The zero-order valence-corrected chi connectivity index (χ0v) is 13.3. The van der Waals surface area contributed by atoms with Crippen molar-refractivity contribution < 1.29 is 14.3 Å². The third kappa shape index (κ3) is 3.77. The monoisotopic (exact) mass is 339 g/mol. The van der Waals surface area contributed by atoms with Gasteiger partial charge in [-0.3, -0.25) is 19.0 Å². The number of primary amides is 1. The van der Waals surface area contributed by atoms with Gasteiger partial charge in [0.1, 0.15) is 6.10 Å². The van der Waals surface area contributed by atoms with Crippen molar-refractivity contribution in [1.82, 2.24) is 4.57 Å². The van der Waals surface area contributed by atoms with Gasteiger partial charge in [-0.15, -0.1) is 0 Å². The Balaban J connectivity index is 1.73. The molecule has 1 saturated heterocycles. The molecule has 0 aliphatic carbocycles. The minimum absolute atomic E-state index is 0.146. The summed E-state index contributed by atoms with van der Waals surface area (Å²) in [5.74, 6) is -1.94. The van der Waals surface area contributed by atoms with Crippen LogP contribution in [0.2, 0.25) is 0 Å². The van der Waals surface area contributed by atoms with Crippen LogP contribution in [0.1, 0.15) is 6.42 Å². The second-order valence-electron chi connectivity index (χ2n) is 5.57. The highest BCUT2D eigenvalue weighted by molar-refractivity contribution is 5.97. The number of anilines is 1. The van der Waals surface area contributed by atoms with Gasteiger partial charge in [-0.25, -0.2) is 0 Å². The summed E-state index contributed by atoms with van der Waals surface area (Å²) in [5.41, 5.74) is 6.34. The lowest BCUT2D eigenvalue weighted by Crippen LogP contribution is -2.46. The maximum Gasteiger partial charge on any atom is 0.255 e. The van der Waals surface area contributed by atoms with E-state index in [-0.39, 0.29) is 5.56 Å². The second kappa shape index (κ2) is 7.31. The quantitative estimate of drug-likeness (QED) is 0.858. The molecule has 2 atom stereocenters. The van der Waals surface area contributed by atoms with Crippen molar-refractivity contribution in [2.24, 2.45) is 11.7 Å². The Morgan fingerprint density at radius 2 is 1.96 bits per heavy atom. The molecule has 2 heterocycles. The molecule has 1 aromatic carbocycles. The molecule has 3 N–H and O–H groups in total. The van der Waals surface area contributed by atoms with Gasteiger partial charge in [0.2, 0.25) is 11.8 Å². The first-order chi connectivity index (χ1) is 12.1. The fourth-order valence-electron chi connectivity index (χ4n) is 2.65. The molecular formula is C18H17N3O4. The number of carbonyl (C=O) groups is 2. The second-order valence-corrected chi connectivity index (χ2v) is 5.57. The predicted molar refractivity (Wildman–Crippen MR) is 91.0 cm³/mol. The van der Waals surface area contributed by atoms with Crippen LogP contribution in [-0.2, 0) is 14.3 Å². The lowest BCUT2D eigenvalue weighted by molar-refractivity contribution is -0.141. The molecule has 2 unspecified atom stereocenters. The molecule has 7 heteroatoms. The van der Waals surface area contributed by atoms with E-state index in [0.29, 0.717) is 24.4 Å². The van der Waals surface area contributed by atoms with Gasteiger partial charge in [0.15, 0.2) is 0 Å². The molecular weight excluding hydrogens is 322 g/mol. The molecule has 128 valence electrons. The van der Waals surface area contributed by atoms with Gasteiger partial charge in [0.05, 0.1) is 5.92 Å². The Morgan fingerprint density at radius 3 is 2.64 bits per heavy atom. The largest absolute Gasteiger partial charge is 0.368 e. The first-order valence-electron chi connectivity index (χ1n) is 7.79. The number of nitrogens with two attached hydrogens (primary N) is 1. The van der Waals surface area contributed by atoms with Crippen LogP contribution < -0.4 is 16.6 Å². The summed E-state index contributed by atoms with van der Waals surface area (Å²) >= 11 is 0. The van der Waals surface area contributed by atoms with E-state index in [1.807, 2.05) is 0 Å². The lowest BCUT2D eigenvalue weighted by Gasteiger charge is -2.27. The van der Waals surface area contributed by atoms with E-state index in [1.165, 1.54) is 10.6 Å². The molecule has 0 bridgehead atoms. The maximum atomic E-state index is 12.4. The standard InChI is InChI=1S/C18H17N3O4/c19-17(23)16-14(4-3-11-25-16)18(24)20-12-6-8-13(9-7-12)21-10-2-1-5-15(21)22/h1-2,5-10,14,16H,3,11H2,(H2,19,23)(H,20,24). The zero-order valence-electron chi connectivity index (χ0n) is 13.3. The topological polar surface area (TPSA) is 103 Å². The van der Waals surface area contributed by atoms with E-state index in [2.05, 4.69) is 11.7 Å². The van der Waals surface area contributed by atoms with Crippen LogP contribution in [0.5, 0.6) is 0 Å². The first kappa shape index (κ1) is 16.9. The fourth-order valence-corrected chi connectivity index (χ4v) is 2.65. The third-order valence-corrected chi connectivity index (χ3v) is 3.86. The van der Waals surface area contributed by atoms with E-state index in [1.54, 1.807) is 42.6 Å². The molecule has 2 amide bonds. The summed E-state index contributed by atoms with van der Waals surface area (Å²) in [6.45, 7) is 0.317. The fraction of sp³-hybridized carbons (Fsp3) is 0.222. The van der Waals surface area contributed by atoms with Gasteiger partial charge in [0.25, 0.3) is 5.56 Å². The van der Waals surface area contributed by atoms with Gasteiger partial charge in [-0.2, -0.15) is 0 Å². The molecule has 7 nitrogen and oxygen atoms in total. The number of carbonyl (C=O) groups excluding carboxylic acids is 2. The third-order valence-electron chi connectivity index (χ3n) is 3.86. The summed E-state index contributed by atoms with van der Waals surface area (Å²) in [7, 11) is 0. The molecule has 0 spiro atoms. The lowest BCUT2D eigenvalue weighted by atomic mass is 9.93. The molecule has 1 fully saturated rings. The van der Waals surface area contributed by atoms with Crippen LogP contribution >= 0.6 is 0 Å². The van der Waals surface area contributed by atoms with Gasteiger partial charge in [-0.05, 0) is 36.8 Å². The number of benzene rings is 1. The van der Waals surface area contributed by atoms with Crippen LogP contribution in [0, 0.1) is 12.3 Å². The Labute approximate surface area is 144 Å². The predicted octanol–water partition coefficient (Wildman–Crippen LogP) is 0.748. The number of ether oxygens (including phenoxy) is 1. The number of nitrogens with zero attached hydrogens (tertiary/aromatic N) is 1. The zero-order chi connectivity index (χ0) is 17.8. The van der Waals surface area contributed by atoms with E-state index >= 15 is 0 Å². The van der Waals surface area contributed by atoms with Gasteiger partial charge < -0.3 is 15.8 Å². The number of hydrogen-bond donors (Lipinski definition) is 2. The average Bonchev–Trinajstić information content (AvgIpc) is 2.63. The van der Waals surface area contributed by atoms with Crippen molar-refractivity contribution in [3.63, 3.8) is 0 Å². The Morgan fingerprint density at radius 1 is 1.20 bits per heavy atom. The van der Waals surface area contributed by atoms with Crippen molar-refractivity contribution in [2.45, 2.75) is 12.5 Å². The van der Waals surface area contributed by atoms with Crippen LogP contribution in [0.3, 0.4) is 0 Å². The molecule has 2 radical (unpaired) electrons. The summed E-state index contributed by atoms with van der Waals surface area (Å²) in [4.78, 5) is 35.6. The van der Waals surface area contributed by atoms with Crippen LogP contribution in [0.25, 0.3) is 5.69 Å². The molecule has 0 saturated carbocycles. The minimum atomic E-state index is -1.00. The average molecular weight is 339 g/mol. The van der Waals surface area contributed by atoms with Crippen LogP contribution in [0.15, 0.2) is 53.5 Å². The van der Waals surface area contributed by atoms with Crippen molar-refractivity contribution in [3.05, 3.63) is 65.4 Å². The highest BCUT2D eigenvalue weighted by Crippen LogP contribution is 2.22. The van der Waals surface area contributed by atoms with E-state index in [9.17, 15) is 14.4 Å².